The standard InChI is InChI=1S/C16H19FN2S/c1-3-14-15(9-18-12-6-7-12)20-16(19-14)13-8-11(17)5-4-10(13)2/h4-5,8,12,18H,3,6-7,9H2,1-2H3. The van der Waals surface area contributed by atoms with Crippen molar-refractivity contribution in [2.24, 2.45) is 0 Å². The Morgan fingerprint density at radius 1 is 1.40 bits per heavy atom. The number of aromatic nitrogens is 1. The van der Waals surface area contributed by atoms with Crippen molar-refractivity contribution in [2.75, 3.05) is 0 Å². The zero-order valence-electron chi connectivity index (χ0n) is 11.9. The van der Waals surface area contributed by atoms with Gasteiger partial charge in [-0.25, -0.2) is 9.37 Å². The second-order valence-electron chi connectivity index (χ2n) is 5.36. The van der Waals surface area contributed by atoms with Gasteiger partial charge in [-0.15, -0.1) is 11.3 Å². The highest BCUT2D eigenvalue weighted by Crippen LogP contribution is 2.32. The van der Waals surface area contributed by atoms with E-state index in [9.17, 15) is 4.39 Å². The van der Waals surface area contributed by atoms with Crippen LogP contribution in [-0.2, 0) is 13.0 Å². The lowest BCUT2D eigenvalue weighted by Gasteiger charge is -2.01. The minimum absolute atomic E-state index is 0.198. The third-order valence-electron chi connectivity index (χ3n) is 3.67. The molecule has 1 aliphatic carbocycles. The van der Waals surface area contributed by atoms with E-state index in [1.54, 1.807) is 17.4 Å². The Labute approximate surface area is 123 Å². The molecule has 0 atom stereocenters. The average molecular weight is 290 g/mol. The van der Waals surface area contributed by atoms with Crippen molar-refractivity contribution in [3.8, 4) is 10.6 Å². The van der Waals surface area contributed by atoms with E-state index < -0.39 is 0 Å². The first-order chi connectivity index (χ1) is 9.67. The molecule has 106 valence electrons. The second kappa shape index (κ2) is 5.62. The van der Waals surface area contributed by atoms with Gasteiger partial charge in [0.2, 0.25) is 0 Å². The molecule has 1 aromatic heterocycles. The van der Waals surface area contributed by atoms with Gasteiger partial charge in [-0.2, -0.15) is 0 Å². The van der Waals surface area contributed by atoms with E-state index in [1.807, 2.05) is 13.0 Å². The van der Waals surface area contributed by atoms with Gasteiger partial charge >= 0.3 is 0 Å². The van der Waals surface area contributed by atoms with Crippen molar-refractivity contribution in [2.45, 2.75) is 45.7 Å². The van der Waals surface area contributed by atoms with Gasteiger partial charge in [0.25, 0.3) is 0 Å². The summed E-state index contributed by atoms with van der Waals surface area (Å²) in [5.41, 5.74) is 3.13. The molecule has 4 heteroatoms. The molecule has 1 heterocycles. The number of aryl methyl sites for hydroxylation is 2. The highest BCUT2D eigenvalue weighted by Gasteiger charge is 2.21. The maximum Gasteiger partial charge on any atom is 0.124 e. The highest BCUT2D eigenvalue weighted by molar-refractivity contribution is 7.15. The number of nitrogens with zero attached hydrogens (tertiary/aromatic N) is 1. The van der Waals surface area contributed by atoms with Crippen LogP contribution in [0.3, 0.4) is 0 Å². The number of thiazole rings is 1. The predicted molar refractivity (Wildman–Crippen MR) is 81.5 cm³/mol. The number of nitrogens with one attached hydrogen (secondary N) is 1. The molecule has 0 spiro atoms. The van der Waals surface area contributed by atoms with E-state index in [1.165, 1.54) is 23.8 Å². The van der Waals surface area contributed by atoms with Crippen molar-refractivity contribution in [3.05, 3.63) is 40.2 Å². The maximum absolute atomic E-state index is 13.4. The molecular formula is C16H19FN2S. The Hall–Kier alpha value is -1.26. The molecule has 3 rings (SSSR count). The Morgan fingerprint density at radius 3 is 2.90 bits per heavy atom. The third-order valence-corrected chi connectivity index (χ3v) is 4.80. The van der Waals surface area contributed by atoms with Crippen LogP contribution in [0.15, 0.2) is 18.2 Å². The molecule has 1 aromatic carbocycles. The zero-order valence-corrected chi connectivity index (χ0v) is 12.7. The summed E-state index contributed by atoms with van der Waals surface area (Å²) in [7, 11) is 0. The van der Waals surface area contributed by atoms with Crippen molar-refractivity contribution < 1.29 is 4.39 Å². The number of benzene rings is 1. The Morgan fingerprint density at radius 2 is 2.20 bits per heavy atom. The summed E-state index contributed by atoms with van der Waals surface area (Å²) in [6.07, 6.45) is 3.50. The summed E-state index contributed by atoms with van der Waals surface area (Å²) < 4.78 is 13.4. The van der Waals surface area contributed by atoms with E-state index in [0.29, 0.717) is 6.04 Å². The van der Waals surface area contributed by atoms with Crippen LogP contribution in [0.2, 0.25) is 0 Å². The van der Waals surface area contributed by atoms with Crippen LogP contribution < -0.4 is 5.32 Å². The van der Waals surface area contributed by atoms with Crippen LogP contribution in [0.5, 0.6) is 0 Å². The molecule has 0 amide bonds. The van der Waals surface area contributed by atoms with Crippen LogP contribution in [0.1, 0.15) is 35.9 Å². The van der Waals surface area contributed by atoms with E-state index in [4.69, 9.17) is 4.98 Å². The average Bonchev–Trinajstić information content (AvgIpc) is 3.18. The monoisotopic (exact) mass is 290 g/mol. The van der Waals surface area contributed by atoms with Crippen LogP contribution >= 0.6 is 11.3 Å². The van der Waals surface area contributed by atoms with Crippen molar-refractivity contribution in [3.63, 3.8) is 0 Å². The molecule has 0 aliphatic heterocycles. The van der Waals surface area contributed by atoms with Crippen LogP contribution in [0, 0.1) is 12.7 Å². The second-order valence-corrected chi connectivity index (χ2v) is 6.44. The fourth-order valence-electron chi connectivity index (χ4n) is 2.26. The summed E-state index contributed by atoms with van der Waals surface area (Å²) >= 11 is 1.69. The normalized spacial score (nSPS) is 14.8. The van der Waals surface area contributed by atoms with E-state index in [0.717, 1.165) is 34.8 Å². The summed E-state index contributed by atoms with van der Waals surface area (Å²) in [5, 5.41) is 4.47. The Bertz CT molecular complexity index is 617. The van der Waals surface area contributed by atoms with Gasteiger partial charge in [0.1, 0.15) is 10.8 Å². The van der Waals surface area contributed by atoms with Gasteiger partial charge in [0, 0.05) is 23.0 Å². The van der Waals surface area contributed by atoms with E-state index in [2.05, 4.69) is 12.2 Å². The molecule has 1 saturated carbocycles. The highest BCUT2D eigenvalue weighted by atomic mass is 32.1. The van der Waals surface area contributed by atoms with Gasteiger partial charge in [0.05, 0.1) is 5.69 Å². The first-order valence-electron chi connectivity index (χ1n) is 7.16. The van der Waals surface area contributed by atoms with Crippen molar-refractivity contribution >= 4 is 11.3 Å². The Balaban J connectivity index is 1.90. The molecule has 1 aliphatic rings. The van der Waals surface area contributed by atoms with Gasteiger partial charge in [0.15, 0.2) is 0 Å². The SMILES string of the molecule is CCc1nc(-c2cc(F)ccc2C)sc1CNC1CC1. The lowest BCUT2D eigenvalue weighted by atomic mass is 10.1. The summed E-state index contributed by atoms with van der Waals surface area (Å²) in [5.74, 6) is -0.198. The van der Waals surface area contributed by atoms with Gasteiger partial charge in [-0.1, -0.05) is 13.0 Å². The molecule has 0 unspecified atom stereocenters. The fourth-order valence-corrected chi connectivity index (χ4v) is 3.44. The third kappa shape index (κ3) is 2.91. The van der Waals surface area contributed by atoms with Crippen molar-refractivity contribution in [1.29, 1.82) is 0 Å². The van der Waals surface area contributed by atoms with Gasteiger partial charge < -0.3 is 5.32 Å². The number of hydrogen-bond acceptors (Lipinski definition) is 3. The maximum atomic E-state index is 13.4. The predicted octanol–water partition coefficient (Wildman–Crippen LogP) is 4.07. The van der Waals surface area contributed by atoms with Crippen LogP contribution in [0.4, 0.5) is 4.39 Å². The smallest absolute Gasteiger partial charge is 0.124 e. The Kier molecular flexibility index (Phi) is 3.85. The minimum atomic E-state index is -0.198. The lowest BCUT2D eigenvalue weighted by Crippen LogP contribution is -2.15. The largest absolute Gasteiger partial charge is 0.309 e. The van der Waals surface area contributed by atoms with E-state index >= 15 is 0 Å². The molecule has 2 nitrogen and oxygen atoms in total. The molecule has 1 N–H and O–H groups in total. The molecule has 0 bridgehead atoms. The topological polar surface area (TPSA) is 24.9 Å². The molecular weight excluding hydrogens is 271 g/mol. The summed E-state index contributed by atoms with van der Waals surface area (Å²) in [6, 6.07) is 5.61. The zero-order chi connectivity index (χ0) is 14.1. The number of halogens is 1. The first-order valence-corrected chi connectivity index (χ1v) is 7.97. The van der Waals surface area contributed by atoms with E-state index in [-0.39, 0.29) is 5.82 Å². The quantitative estimate of drug-likeness (QED) is 0.898. The molecule has 0 radical (unpaired) electrons. The van der Waals surface area contributed by atoms with Crippen LogP contribution in [0.25, 0.3) is 10.6 Å². The van der Waals surface area contributed by atoms with Crippen molar-refractivity contribution in [1.82, 2.24) is 10.3 Å². The van der Waals surface area contributed by atoms with Crippen LogP contribution in [-0.4, -0.2) is 11.0 Å². The summed E-state index contributed by atoms with van der Waals surface area (Å²) in [4.78, 5) is 6.00. The number of hydrogen-bond donors (Lipinski definition) is 1. The number of rotatable bonds is 5. The summed E-state index contributed by atoms with van der Waals surface area (Å²) in [6.45, 7) is 5.02. The molecule has 1 fully saturated rings. The van der Waals surface area contributed by atoms with Gasteiger partial charge in [-0.05, 0) is 43.9 Å². The first kappa shape index (κ1) is 13.7. The molecule has 0 saturated heterocycles. The molecule has 2 aromatic rings. The fraction of sp³-hybridized carbons (Fsp3) is 0.438. The minimum Gasteiger partial charge on any atom is -0.309 e. The molecule has 20 heavy (non-hydrogen) atoms. The van der Waals surface area contributed by atoms with Gasteiger partial charge in [-0.3, -0.25) is 0 Å². The lowest BCUT2D eigenvalue weighted by molar-refractivity contribution is 0.628.